The number of benzene rings is 1. The van der Waals surface area contributed by atoms with Crippen molar-refractivity contribution >= 4 is 17.5 Å². The first kappa shape index (κ1) is 17.1. The molecule has 0 unspecified atom stereocenters. The van der Waals surface area contributed by atoms with E-state index in [2.05, 4.69) is 5.32 Å². The first-order chi connectivity index (χ1) is 10.6. The Morgan fingerprint density at radius 1 is 1.23 bits per heavy atom. The molecule has 0 radical (unpaired) electrons. The summed E-state index contributed by atoms with van der Waals surface area (Å²) in [6.45, 7) is 3.72. The summed E-state index contributed by atoms with van der Waals surface area (Å²) in [4.78, 5) is 12.3. The maximum Gasteiger partial charge on any atom is 0.260 e. The predicted molar refractivity (Wildman–Crippen MR) is 90.5 cm³/mol. The third-order valence-electron chi connectivity index (χ3n) is 4.26. The number of nitrogens with one attached hydrogen (secondary N) is 1. The van der Waals surface area contributed by atoms with E-state index in [0.29, 0.717) is 16.8 Å². The van der Waals surface area contributed by atoms with Crippen molar-refractivity contribution in [2.45, 2.75) is 70.9 Å². The third-order valence-corrected chi connectivity index (χ3v) is 4.69. The third kappa shape index (κ3) is 5.20. The number of halogens is 1. The normalized spacial score (nSPS) is 18.1. The summed E-state index contributed by atoms with van der Waals surface area (Å²) in [7, 11) is 0. The van der Waals surface area contributed by atoms with Crippen molar-refractivity contribution in [1.82, 2.24) is 5.32 Å². The molecule has 1 aromatic rings. The highest BCUT2D eigenvalue weighted by Gasteiger charge is 2.19. The smallest absolute Gasteiger partial charge is 0.260 e. The van der Waals surface area contributed by atoms with Crippen LogP contribution in [-0.2, 0) is 4.79 Å². The molecule has 3 nitrogen and oxygen atoms in total. The second kappa shape index (κ2) is 8.42. The molecule has 0 saturated heterocycles. The Hall–Kier alpha value is -1.22. The molecular weight excluding hydrogens is 298 g/mol. The fraction of sp³-hybridized carbons (Fsp3) is 0.611. The quantitative estimate of drug-likeness (QED) is 0.876. The van der Waals surface area contributed by atoms with Gasteiger partial charge in [-0.15, -0.1) is 0 Å². The second-order valence-electron chi connectivity index (χ2n) is 6.22. The molecule has 0 heterocycles. The number of ether oxygens (including phenoxy) is 1. The summed E-state index contributed by atoms with van der Waals surface area (Å²) in [6.07, 6.45) is 7.97. The van der Waals surface area contributed by atoms with Gasteiger partial charge in [-0.25, -0.2) is 0 Å². The molecule has 0 spiro atoms. The van der Waals surface area contributed by atoms with Crippen LogP contribution >= 0.6 is 11.6 Å². The summed E-state index contributed by atoms with van der Waals surface area (Å²) >= 11 is 6.00. The maximum absolute atomic E-state index is 12.3. The highest BCUT2D eigenvalue weighted by Crippen LogP contribution is 2.22. The Balaban J connectivity index is 1.86. The summed E-state index contributed by atoms with van der Waals surface area (Å²) < 4.78 is 5.74. The van der Waals surface area contributed by atoms with Crippen LogP contribution in [0.1, 0.15) is 57.4 Å². The number of rotatable bonds is 4. The van der Waals surface area contributed by atoms with Crippen molar-refractivity contribution in [3.05, 3.63) is 28.8 Å². The number of carbonyl (C=O) groups is 1. The van der Waals surface area contributed by atoms with Gasteiger partial charge in [0.15, 0.2) is 6.10 Å². The van der Waals surface area contributed by atoms with E-state index in [1.54, 1.807) is 19.1 Å². The van der Waals surface area contributed by atoms with E-state index in [1.165, 1.54) is 32.1 Å². The molecule has 1 fully saturated rings. The van der Waals surface area contributed by atoms with Crippen LogP contribution < -0.4 is 10.1 Å². The standard InChI is InChI=1S/C18H26ClNO2/c1-13-12-16(10-11-17(13)19)22-14(2)18(21)20-15-8-6-4-3-5-7-9-15/h10-12,14-15H,3-9H2,1-2H3,(H,20,21)/t14-/m1/s1. The Bertz CT molecular complexity index is 496. The van der Waals surface area contributed by atoms with Gasteiger partial charge in [-0.3, -0.25) is 4.79 Å². The lowest BCUT2D eigenvalue weighted by Crippen LogP contribution is -2.42. The van der Waals surface area contributed by atoms with E-state index in [0.717, 1.165) is 18.4 Å². The van der Waals surface area contributed by atoms with Crippen LogP contribution in [0.3, 0.4) is 0 Å². The van der Waals surface area contributed by atoms with E-state index >= 15 is 0 Å². The Labute approximate surface area is 138 Å². The van der Waals surface area contributed by atoms with Gasteiger partial charge in [-0.2, -0.15) is 0 Å². The van der Waals surface area contributed by atoms with Gasteiger partial charge in [0.25, 0.3) is 5.91 Å². The van der Waals surface area contributed by atoms with Gasteiger partial charge in [0.05, 0.1) is 0 Å². The molecule has 122 valence electrons. The minimum Gasteiger partial charge on any atom is -0.481 e. The lowest BCUT2D eigenvalue weighted by Gasteiger charge is -2.23. The molecule has 1 saturated carbocycles. The highest BCUT2D eigenvalue weighted by atomic mass is 35.5. The molecule has 1 N–H and O–H groups in total. The Morgan fingerprint density at radius 2 is 1.86 bits per heavy atom. The number of aryl methyl sites for hydroxylation is 1. The molecular formula is C18H26ClNO2. The van der Waals surface area contributed by atoms with Crippen molar-refractivity contribution in [2.24, 2.45) is 0 Å². The molecule has 0 aliphatic heterocycles. The molecule has 22 heavy (non-hydrogen) atoms. The lowest BCUT2D eigenvalue weighted by molar-refractivity contribution is -0.128. The highest BCUT2D eigenvalue weighted by molar-refractivity contribution is 6.31. The van der Waals surface area contributed by atoms with Crippen LogP contribution in [0.5, 0.6) is 5.75 Å². The Morgan fingerprint density at radius 3 is 2.50 bits per heavy atom. The van der Waals surface area contributed by atoms with Crippen LogP contribution in [0.25, 0.3) is 0 Å². The zero-order chi connectivity index (χ0) is 15.9. The van der Waals surface area contributed by atoms with E-state index in [1.807, 2.05) is 13.0 Å². The molecule has 1 aliphatic rings. The number of hydrogen-bond acceptors (Lipinski definition) is 2. The largest absolute Gasteiger partial charge is 0.481 e. The molecule has 0 aromatic heterocycles. The van der Waals surface area contributed by atoms with Gasteiger partial charge in [-0.1, -0.05) is 43.7 Å². The first-order valence-corrected chi connectivity index (χ1v) is 8.67. The van der Waals surface area contributed by atoms with Crippen LogP contribution in [-0.4, -0.2) is 18.1 Å². The van der Waals surface area contributed by atoms with Crippen molar-refractivity contribution < 1.29 is 9.53 Å². The van der Waals surface area contributed by atoms with E-state index < -0.39 is 6.10 Å². The van der Waals surface area contributed by atoms with Crippen LogP contribution in [0.2, 0.25) is 5.02 Å². The molecule has 0 bridgehead atoms. The Kier molecular flexibility index (Phi) is 6.56. The zero-order valence-electron chi connectivity index (χ0n) is 13.5. The molecule has 1 amide bonds. The average Bonchev–Trinajstić information content (AvgIpc) is 2.45. The van der Waals surface area contributed by atoms with Crippen molar-refractivity contribution in [1.29, 1.82) is 0 Å². The number of amides is 1. The average molecular weight is 324 g/mol. The second-order valence-corrected chi connectivity index (χ2v) is 6.63. The molecule has 1 atom stereocenters. The van der Waals surface area contributed by atoms with Crippen LogP contribution in [0.15, 0.2) is 18.2 Å². The van der Waals surface area contributed by atoms with Gasteiger partial charge in [0.2, 0.25) is 0 Å². The van der Waals surface area contributed by atoms with Gasteiger partial charge in [-0.05, 0) is 50.5 Å². The van der Waals surface area contributed by atoms with Crippen LogP contribution in [0, 0.1) is 6.92 Å². The van der Waals surface area contributed by atoms with E-state index in [9.17, 15) is 4.79 Å². The van der Waals surface area contributed by atoms with Gasteiger partial charge >= 0.3 is 0 Å². The zero-order valence-corrected chi connectivity index (χ0v) is 14.3. The lowest BCUT2D eigenvalue weighted by atomic mass is 9.96. The summed E-state index contributed by atoms with van der Waals surface area (Å²) in [5.41, 5.74) is 0.951. The molecule has 4 heteroatoms. The predicted octanol–water partition coefficient (Wildman–Crippen LogP) is 4.64. The first-order valence-electron chi connectivity index (χ1n) is 8.29. The number of carbonyl (C=O) groups excluding carboxylic acids is 1. The van der Waals surface area contributed by atoms with Gasteiger partial charge in [0, 0.05) is 11.1 Å². The molecule has 2 rings (SSSR count). The fourth-order valence-electron chi connectivity index (χ4n) is 2.87. The maximum atomic E-state index is 12.3. The van der Waals surface area contributed by atoms with Crippen molar-refractivity contribution in [2.75, 3.05) is 0 Å². The summed E-state index contributed by atoms with van der Waals surface area (Å²) in [5, 5.41) is 3.85. The SMILES string of the molecule is Cc1cc(O[C@H](C)C(=O)NC2CCCCCCC2)ccc1Cl. The minimum absolute atomic E-state index is 0.0295. The summed E-state index contributed by atoms with van der Waals surface area (Å²) in [6, 6.07) is 5.76. The van der Waals surface area contributed by atoms with E-state index in [4.69, 9.17) is 16.3 Å². The van der Waals surface area contributed by atoms with E-state index in [-0.39, 0.29) is 5.91 Å². The summed E-state index contributed by atoms with van der Waals surface area (Å²) in [5.74, 6) is 0.653. The van der Waals surface area contributed by atoms with Gasteiger partial charge < -0.3 is 10.1 Å². The van der Waals surface area contributed by atoms with Crippen molar-refractivity contribution in [3.8, 4) is 5.75 Å². The number of hydrogen-bond donors (Lipinski definition) is 1. The minimum atomic E-state index is -0.494. The molecule has 1 aromatic carbocycles. The topological polar surface area (TPSA) is 38.3 Å². The monoisotopic (exact) mass is 323 g/mol. The van der Waals surface area contributed by atoms with Gasteiger partial charge in [0.1, 0.15) is 5.75 Å². The molecule has 1 aliphatic carbocycles. The van der Waals surface area contributed by atoms with Crippen molar-refractivity contribution in [3.63, 3.8) is 0 Å². The van der Waals surface area contributed by atoms with Crippen LogP contribution in [0.4, 0.5) is 0 Å². The fourth-order valence-corrected chi connectivity index (χ4v) is 2.98.